The molecule has 24 heavy (non-hydrogen) atoms. The number of carbonyl (C=O) groups is 1. The van der Waals surface area contributed by atoms with Crippen LogP contribution in [-0.4, -0.2) is 20.7 Å². The van der Waals surface area contributed by atoms with Gasteiger partial charge in [0.2, 0.25) is 5.95 Å². The third-order valence-electron chi connectivity index (χ3n) is 3.20. The van der Waals surface area contributed by atoms with Crippen molar-refractivity contribution in [3.05, 3.63) is 75.0 Å². The first-order chi connectivity index (χ1) is 11.5. The van der Waals surface area contributed by atoms with Gasteiger partial charge in [-0.25, -0.2) is 9.67 Å². The normalized spacial score (nSPS) is 10.6. The van der Waals surface area contributed by atoms with Crippen LogP contribution >= 0.6 is 34.8 Å². The van der Waals surface area contributed by atoms with E-state index in [-0.39, 0.29) is 11.0 Å². The summed E-state index contributed by atoms with van der Waals surface area (Å²) in [6.07, 6.45) is 1.54. The molecule has 0 saturated heterocycles. The number of aromatic nitrogens is 3. The molecule has 0 bridgehead atoms. The summed E-state index contributed by atoms with van der Waals surface area (Å²) in [7, 11) is 0. The third kappa shape index (κ3) is 4.06. The van der Waals surface area contributed by atoms with E-state index in [9.17, 15) is 4.79 Å². The predicted molar refractivity (Wildman–Crippen MR) is 95.0 cm³/mol. The fraction of sp³-hybridized carbons (Fsp3) is 0.0625. The number of rotatable bonds is 4. The van der Waals surface area contributed by atoms with E-state index in [1.807, 2.05) is 12.1 Å². The molecule has 0 aliphatic heterocycles. The second kappa shape index (κ2) is 7.21. The predicted octanol–water partition coefficient (Wildman–Crippen LogP) is 4.54. The first-order valence-corrected chi connectivity index (χ1v) is 8.05. The van der Waals surface area contributed by atoms with Crippen molar-refractivity contribution >= 4 is 46.7 Å². The van der Waals surface area contributed by atoms with Crippen LogP contribution in [0, 0.1) is 0 Å². The summed E-state index contributed by atoms with van der Waals surface area (Å²) >= 11 is 17.7. The molecule has 0 radical (unpaired) electrons. The second-order valence-corrected chi connectivity index (χ2v) is 6.25. The van der Waals surface area contributed by atoms with Crippen molar-refractivity contribution in [2.75, 3.05) is 5.32 Å². The molecule has 2 aromatic carbocycles. The average Bonchev–Trinajstić information content (AvgIpc) is 2.96. The van der Waals surface area contributed by atoms with Crippen LogP contribution in [0.2, 0.25) is 15.1 Å². The Kier molecular flexibility index (Phi) is 5.04. The van der Waals surface area contributed by atoms with Crippen molar-refractivity contribution in [2.24, 2.45) is 0 Å². The van der Waals surface area contributed by atoms with Crippen LogP contribution in [0.5, 0.6) is 0 Å². The number of benzene rings is 2. The monoisotopic (exact) mass is 380 g/mol. The van der Waals surface area contributed by atoms with Gasteiger partial charge in [0.1, 0.15) is 6.33 Å². The van der Waals surface area contributed by atoms with Crippen LogP contribution in [0.4, 0.5) is 5.95 Å². The lowest BCUT2D eigenvalue weighted by atomic mass is 10.2. The molecule has 0 unspecified atom stereocenters. The molecular formula is C16H11Cl3N4O. The Hall–Kier alpha value is -2.08. The summed E-state index contributed by atoms with van der Waals surface area (Å²) in [6, 6.07) is 12.0. The molecule has 0 spiro atoms. The van der Waals surface area contributed by atoms with Crippen LogP contribution in [0.25, 0.3) is 0 Å². The fourth-order valence-electron chi connectivity index (χ4n) is 2.05. The SMILES string of the molecule is O=C(Nc1ncn(Cc2ccc(Cl)cc2)n1)c1ccc(Cl)cc1Cl. The molecule has 1 heterocycles. The largest absolute Gasteiger partial charge is 0.289 e. The Morgan fingerprint density at radius 2 is 1.75 bits per heavy atom. The smallest absolute Gasteiger partial charge is 0.259 e. The Morgan fingerprint density at radius 3 is 2.46 bits per heavy atom. The molecule has 1 aromatic heterocycles. The summed E-state index contributed by atoms with van der Waals surface area (Å²) in [5.74, 6) is -0.208. The minimum atomic E-state index is -0.402. The molecule has 0 aliphatic rings. The molecule has 1 amide bonds. The Labute approximate surface area is 153 Å². The van der Waals surface area contributed by atoms with E-state index < -0.39 is 5.91 Å². The van der Waals surface area contributed by atoms with Gasteiger partial charge in [-0.05, 0) is 35.9 Å². The van der Waals surface area contributed by atoms with Crippen LogP contribution in [0.1, 0.15) is 15.9 Å². The number of nitrogens with zero attached hydrogens (tertiary/aromatic N) is 3. The van der Waals surface area contributed by atoms with Gasteiger partial charge in [-0.15, -0.1) is 5.10 Å². The number of nitrogens with one attached hydrogen (secondary N) is 1. The van der Waals surface area contributed by atoms with Crippen molar-refractivity contribution in [1.82, 2.24) is 14.8 Å². The molecular weight excluding hydrogens is 371 g/mol. The Bertz CT molecular complexity index is 877. The number of hydrogen-bond acceptors (Lipinski definition) is 3. The van der Waals surface area contributed by atoms with Gasteiger partial charge in [0, 0.05) is 10.0 Å². The number of amides is 1. The zero-order valence-electron chi connectivity index (χ0n) is 12.2. The van der Waals surface area contributed by atoms with Gasteiger partial charge in [0.15, 0.2) is 0 Å². The number of anilines is 1. The average molecular weight is 382 g/mol. The Morgan fingerprint density at radius 1 is 1.04 bits per heavy atom. The molecule has 8 heteroatoms. The lowest BCUT2D eigenvalue weighted by Gasteiger charge is -2.04. The molecule has 5 nitrogen and oxygen atoms in total. The minimum Gasteiger partial charge on any atom is -0.289 e. The Balaban J connectivity index is 1.69. The van der Waals surface area contributed by atoms with Crippen LogP contribution in [0.15, 0.2) is 48.8 Å². The van der Waals surface area contributed by atoms with Crippen molar-refractivity contribution in [3.8, 4) is 0 Å². The van der Waals surface area contributed by atoms with E-state index in [1.54, 1.807) is 28.9 Å². The minimum absolute atomic E-state index is 0.194. The van der Waals surface area contributed by atoms with E-state index in [2.05, 4.69) is 15.4 Å². The molecule has 3 rings (SSSR count). The molecule has 1 N–H and O–H groups in total. The summed E-state index contributed by atoms with van der Waals surface area (Å²) < 4.78 is 1.61. The molecule has 0 aliphatic carbocycles. The van der Waals surface area contributed by atoms with E-state index in [4.69, 9.17) is 34.8 Å². The van der Waals surface area contributed by atoms with Gasteiger partial charge < -0.3 is 0 Å². The molecule has 0 saturated carbocycles. The fourth-order valence-corrected chi connectivity index (χ4v) is 2.67. The summed E-state index contributed by atoms with van der Waals surface area (Å²) in [4.78, 5) is 16.3. The quantitative estimate of drug-likeness (QED) is 0.722. The van der Waals surface area contributed by atoms with Crippen molar-refractivity contribution in [3.63, 3.8) is 0 Å². The zero-order valence-corrected chi connectivity index (χ0v) is 14.5. The summed E-state index contributed by atoms with van der Waals surface area (Å²) in [5, 5.41) is 8.21. The van der Waals surface area contributed by atoms with Crippen molar-refractivity contribution < 1.29 is 4.79 Å². The van der Waals surface area contributed by atoms with Crippen molar-refractivity contribution in [1.29, 1.82) is 0 Å². The third-order valence-corrected chi connectivity index (χ3v) is 4.00. The number of carbonyl (C=O) groups excluding carboxylic acids is 1. The summed E-state index contributed by atoms with van der Waals surface area (Å²) in [5.41, 5.74) is 1.32. The lowest BCUT2D eigenvalue weighted by molar-refractivity contribution is 0.102. The highest BCUT2D eigenvalue weighted by molar-refractivity contribution is 6.37. The standard InChI is InChI=1S/C16H11Cl3N4O/c17-11-3-1-10(2-4-11)8-23-9-20-16(22-23)21-15(24)13-6-5-12(18)7-14(13)19/h1-7,9H,8H2,(H,21,22,24). The van der Waals surface area contributed by atoms with Gasteiger partial charge in [-0.2, -0.15) is 0 Å². The van der Waals surface area contributed by atoms with Gasteiger partial charge in [-0.1, -0.05) is 46.9 Å². The highest BCUT2D eigenvalue weighted by Gasteiger charge is 2.13. The maximum absolute atomic E-state index is 12.2. The van der Waals surface area contributed by atoms with Crippen LogP contribution in [-0.2, 0) is 6.54 Å². The van der Waals surface area contributed by atoms with E-state index in [0.29, 0.717) is 22.2 Å². The van der Waals surface area contributed by atoms with E-state index in [1.165, 1.54) is 12.4 Å². The number of halogens is 3. The molecule has 0 atom stereocenters. The van der Waals surface area contributed by atoms with Gasteiger partial charge in [-0.3, -0.25) is 10.1 Å². The van der Waals surface area contributed by atoms with Crippen molar-refractivity contribution in [2.45, 2.75) is 6.54 Å². The highest BCUT2D eigenvalue weighted by Crippen LogP contribution is 2.21. The second-order valence-electron chi connectivity index (χ2n) is 4.97. The summed E-state index contributed by atoms with van der Waals surface area (Å²) in [6.45, 7) is 0.516. The maximum atomic E-state index is 12.2. The van der Waals surface area contributed by atoms with Gasteiger partial charge in [0.25, 0.3) is 5.91 Å². The van der Waals surface area contributed by atoms with E-state index in [0.717, 1.165) is 5.56 Å². The number of hydrogen-bond donors (Lipinski definition) is 1. The first-order valence-electron chi connectivity index (χ1n) is 6.91. The topological polar surface area (TPSA) is 59.8 Å². The maximum Gasteiger partial charge on any atom is 0.259 e. The van der Waals surface area contributed by atoms with Crippen LogP contribution < -0.4 is 5.32 Å². The molecule has 122 valence electrons. The van der Waals surface area contributed by atoms with E-state index >= 15 is 0 Å². The van der Waals surface area contributed by atoms with Gasteiger partial charge >= 0.3 is 0 Å². The first kappa shape index (κ1) is 16.8. The lowest BCUT2D eigenvalue weighted by Crippen LogP contribution is -2.14. The molecule has 0 fully saturated rings. The molecule has 3 aromatic rings. The zero-order chi connectivity index (χ0) is 17.1. The highest BCUT2D eigenvalue weighted by atomic mass is 35.5. The van der Waals surface area contributed by atoms with Crippen LogP contribution in [0.3, 0.4) is 0 Å². The van der Waals surface area contributed by atoms with Gasteiger partial charge in [0.05, 0.1) is 17.1 Å².